The maximum atomic E-state index is 5.73. The zero-order valence-corrected chi connectivity index (χ0v) is 9.68. The van der Waals surface area contributed by atoms with E-state index in [1.807, 2.05) is 0 Å². The first-order chi connectivity index (χ1) is 6.81. The maximum Gasteiger partial charge on any atom is 0.0517 e. The number of rotatable bonds is 1. The van der Waals surface area contributed by atoms with Crippen LogP contribution in [0.3, 0.4) is 0 Å². The van der Waals surface area contributed by atoms with Gasteiger partial charge in [-0.05, 0) is 52.9 Å². The third kappa shape index (κ3) is 1.93. The van der Waals surface area contributed by atoms with Crippen molar-refractivity contribution in [3.8, 4) is 0 Å². The second-order valence-electron chi connectivity index (χ2n) is 3.80. The van der Waals surface area contributed by atoms with Crippen molar-refractivity contribution in [2.45, 2.75) is 12.8 Å². The van der Waals surface area contributed by atoms with Crippen LogP contribution >= 0.6 is 15.9 Å². The third-order valence-electron chi connectivity index (χ3n) is 2.80. The van der Waals surface area contributed by atoms with E-state index < -0.39 is 0 Å². The molecule has 0 fully saturated rings. The summed E-state index contributed by atoms with van der Waals surface area (Å²) in [6, 6.07) is 6.35. The second-order valence-corrected chi connectivity index (χ2v) is 4.65. The number of hydrogen-bond donors (Lipinski definition) is 2. The molecule has 3 heteroatoms. The molecule has 3 N–H and O–H groups in total. The Morgan fingerprint density at radius 3 is 3.14 bits per heavy atom. The quantitative estimate of drug-likeness (QED) is 0.808. The van der Waals surface area contributed by atoms with Gasteiger partial charge in [0, 0.05) is 11.0 Å². The summed E-state index contributed by atoms with van der Waals surface area (Å²) in [5.41, 5.74) is 8.36. The van der Waals surface area contributed by atoms with Crippen LogP contribution in [-0.4, -0.2) is 13.1 Å². The average molecular weight is 255 g/mol. The van der Waals surface area contributed by atoms with Crippen molar-refractivity contribution in [1.82, 2.24) is 0 Å². The lowest BCUT2D eigenvalue weighted by Gasteiger charge is -2.11. The molecule has 2 nitrogen and oxygen atoms in total. The van der Waals surface area contributed by atoms with E-state index in [0.29, 0.717) is 5.92 Å². The molecule has 0 saturated heterocycles. The highest BCUT2D eigenvalue weighted by atomic mass is 79.9. The number of hydrogen-bond acceptors (Lipinski definition) is 2. The van der Waals surface area contributed by atoms with Gasteiger partial charge in [0.15, 0.2) is 0 Å². The fourth-order valence-corrected chi connectivity index (χ4v) is 2.50. The lowest BCUT2D eigenvalue weighted by Crippen LogP contribution is -2.17. The lowest BCUT2D eigenvalue weighted by molar-refractivity contribution is 0.517. The topological polar surface area (TPSA) is 38.0 Å². The fraction of sp³-hybridized carbons (Fsp3) is 0.455. The van der Waals surface area contributed by atoms with Crippen molar-refractivity contribution in [2.24, 2.45) is 11.7 Å². The Bertz CT molecular complexity index is 325. The molecule has 0 aliphatic carbocycles. The van der Waals surface area contributed by atoms with Crippen molar-refractivity contribution in [1.29, 1.82) is 0 Å². The molecular weight excluding hydrogens is 240 g/mol. The van der Waals surface area contributed by atoms with Gasteiger partial charge in [-0.15, -0.1) is 0 Å². The van der Waals surface area contributed by atoms with Crippen LogP contribution in [0.25, 0.3) is 0 Å². The van der Waals surface area contributed by atoms with E-state index in [2.05, 4.69) is 39.4 Å². The van der Waals surface area contributed by atoms with Gasteiger partial charge in [-0.1, -0.05) is 12.1 Å². The van der Waals surface area contributed by atoms with Crippen LogP contribution in [-0.2, 0) is 6.42 Å². The van der Waals surface area contributed by atoms with Crippen molar-refractivity contribution in [2.75, 3.05) is 18.4 Å². The lowest BCUT2D eigenvalue weighted by atomic mass is 9.97. The molecule has 1 aliphatic heterocycles. The average Bonchev–Trinajstić information content (AvgIpc) is 2.40. The summed E-state index contributed by atoms with van der Waals surface area (Å²) in [5.74, 6) is 0.623. The molecule has 14 heavy (non-hydrogen) atoms. The van der Waals surface area contributed by atoms with E-state index >= 15 is 0 Å². The minimum atomic E-state index is 0.623. The van der Waals surface area contributed by atoms with Crippen molar-refractivity contribution in [3.05, 3.63) is 28.2 Å². The highest BCUT2D eigenvalue weighted by Gasteiger charge is 2.16. The van der Waals surface area contributed by atoms with Gasteiger partial charge < -0.3 is 11.1 Å². The van der Waals surface area contributed by atoms with Gasteiger partial charge in [-0.25, -0.2) is 0 Å². The number of anilines is 1. The molecule has 1 unspecified atom stereocenters. The van der Waals surface area contributed by atoms with Crippen LogP contribution in [0.2, 0.25) is 0 Å². The Morgan fingerprint density at radius 1 is 1.50 bits per heavy atom. The molecule has 2 rings (SSSR count). The molecule has 0 radical (unpaired) electrons. The first kappa shape index (κ1) is 9.99. The molecule has 1 aliphatic rings. The van der Waals surface area contributed by atoms with Gasteiger partial charge in [-0.3, -0.25) is 0 Å². The van der Waals surface area contributed by atoms with Crippen LogP contribution < -0.4 is 11.1 Å². The zero-order chi connectivity index (χ0) is 9.97. The summed E-state index contributed by atoms with van der Waals surface area (Å²) in [5, 5.41) is 3.46. The van der Waals surface area contributed by atoms with E-state index in [1.54, 1.807) is 0 Å². The summed E-state index contributed by atoms with van der Waals surface area (Å²) in [6.07, 6.45) is 2.26. The number of nitrogens with one attached hydrogen (secondary N) is 1. The normalized spacial score (nSPS) is 20.9. The standard InChI is InChI=1S/C11H15BrN2/c12-10-3-1-2-9-6-8(7-13)4-5-14-11(9)10/h1-3,8,14H,4-7,13H2. The Labute approximate surface area is 93.0 Å². The predicted octanol–water partition coefficient (Wildman–Crippen LogP) is 2.38. The number of benzene rings is 1. The van der Waals surface area contributed by atoms with Gasteiger partial charge in [0.2, 0.25) is 0 Å². The zero-order valence-electron chi connectivity index (χ0n) is 8.09. The van der Waals surface area contributed by atoms with Crippen LogP contribution in [0, 0.1) is 5.92 Å². The highest BCUT2D eigenvalue weighted by molar-refractivity contribution is 9.10. The molecule has 0 spiro atoms. The number of para-hydroxylation sites is 1. The van der Waals surface area contributed by atoms with E-state index in [1.165, 1.54) is 11.3 Å². The smallest absolute Gasteiger partial charge is 0.0517 e. The van der Waals surface area contributed by atoms with E-state index in [9.17, 15) is 0 Å². The van der Waals surface area contributed by atoms with Crippen LogP contribution in [0.4, 0.5) is 5.69 Å². The Morgan fingerprint density at radius 2 is 2.36 bits per heavy atom. The second kappa shape index (κ2) is 4.32. The summed E-state index contributed by atoms with van der Waals surface area (Å²) in [7, 11) is 0. The summed E-state index contributed by atoms with van der Waals surface area (Å²) in [4.78, 5) is 0. The Hall–Kier alpha value is -0.540. The number of nitrogens with two attached hydrogens (primary N) is 1. The molecular formula is C11H15BrN2. The van der Waals surface area contributed by atoms with Gasteiger partial charge in [0.25, 0.3) is 0 Å². The molecule has 1 aromatic rings. The first-order valence-corrected chi connectivity index (χ1v) is 5.82. The van der Waals surface area contributed by atoms with Gasteiger partial charge >= 0.3 is 0 Å². The molecule has 1 heterocycles. The van der Waals surface area contributed by atoms with Crippen molar-refractivity contribution < 1.29 is 0 Å². The third-order valence-corrected chi connectivity index (χ3v) is 3.46. The number of fused-ring (bicyclic) bond motifs is 1. The van der Waals surface area contributed by atoms with Gasteiger partial charge in [0.05, 0.1) is 5.69 Å². The van der Waals surface area contributed by atoms with E-state index in [4.69, 9.17) is 5.73 Å². The predicted molar refractivity (Wildman–Crippen MR) is 63.5 cm³/mol. The SMILES string of the molecule is NCC1CCNc2c(Br)cccc2C1. The Balaban J connectivity index is 2.32. The van der Waals surface area contributed by atoms with Crippen LogP contribution in [0.15, 0.2) is 22.7 Å². The first-order valence-electron chi connectivity index (χ1n) is 5.02. The van der Waals surface area contributed by atoms with Gasteiger partial charge in [-0.2, -0.15) is 0 Å². The van der Waals surface area contributed by atoms with Crippen molar-refractivity contribution >= 4 is 21.6 Å². The molecule has 1 aromatic carbocycles. The Kier molecular flexibility index (Phi) is 3.08. The summed E-state index contributed by atoms with van der Waals surface area (Å²) in [6.45, 7) is 1.81. The molecule has 76 valence electrons. The monoisotopic (exact) mass is 254 g/mol. The molecule has 0 amide bonds. The van der Waals surface area contributed by atoms with Crippen LogP contribution in [0.5, 0.6) is 0 Å². The maximum absolute atomic E-state index is 5.73. The van der Waals surface area contributed by atoms with E-state index in [-0.39, 0.29) is 0 Å². The molecule has 1 atom stereocenters. The summed E-state index contributed by atoms with van der Waals surface area (Å²) >= 11 is 3.56. The summed E-state index contributed by atoms with van der Waals surface area (Å²) < 4.78 is 1.16. The highest BCUT2D eigenvalue weighted by Crippen LogP contribution is 2.30. The fourth-order valence-electron chi connectivity index (χ4n) is 1.95. The molecule has 0 saturated carbocycles. The van der Waals surface area contributed by atoms with Crippen molar-refractivity contribution in [3.63, 3.8) is 0 Å². The number of halogens is 1. The van der Waals surface area contributed by atoms with E-state index in [0.717, 1.165) is 30.4 Å². The minimum absolute atomic E-state index is 0.623. The largest absolute Gasteiger partial charge is 0.384 e. The molecule has 0 aromatic heterocycles. The van der Waals surface area contributed by atoms with Gasteiger partial charge in [0.1, 0.15) is 0 Å². The van der Waals surface area contributed by atoms with Crippen LogP contribution in [0.1, 0.15) is 12.0 Å². The molecule has 0 bridgehead atoms. The minimum Gasteiger partial charge on any atom is -0.384 e.